The maximum absolute atomic E-state index is 13.3. The van der Waals surface area contributed by atoms with E-state index in [9.17, 15) is 20.1 Å². The average Bonchev–Trinajstić information content (AvgIpc) is 3.13. The predicted octanol–water partition coefficient (Wildman–Crippen LogP) is 3.12. The summed E-state index contributed by atoms with van der Waals surface area (Å²) in [7, 11) is 3.50. The van der Waals surface area contributed by atoms with Crippen molar-refractivity contribution in [2.45, 2.75) is 27.7 Å². The summed E-state index contributed by atoms with van der Waals surface area (Å²) >= 11 is 0. The molecule has 0 N–H and O–H groups in total. The number of nitriles is 2. The van der Waals surface area contributed by atoms with Crippen molar-refractivity contribution >= 4 is 22.7 Å². The Morgan fingerprint density at radius 1 is 0.714 bits per heavy atom. The summed E-state index contributed by atoms with van der Waals surface area (Å²) in [5.74, 6) is -0.459. The van der Waals surface area contributed by atoms with Gasteiger partial charge >= 0.3 is 0 Å². The van der Waals surface area contributed by atoms with Gasteiger partial charge in [-0.3, -0.25) is 9.59 Å². The number of Topliss-reactive ketones (excluding diaryl/α,β-unsaturated/α-hetero) is 2. The van der Waals surface area contributed by atoms with Crippen LogP contribution in [0.15, 0.2) is 23.3 Å². The van der Waals surface area contributed by atoms with Crippen LogP contribution in [0.2, 0.25) is 0 Å². The first-order valence-corrected chi connectivity index (χ1v) is 8.80. The van der Waals surface area contributed by atoms with E-state index in [0.717, 1.165) is 11.4 Å². The van der Waals surface area contributed by atoms with Crippen LogP contribution in [0.4, 0.5) is 0 Å². The fourth-order valence-corrected chi connectivity index (χ4v) is 3.58. The van der Waals surface area contributed by atoms with Gasteiger partial charge in [-0.1, -0.05) is 0 Å². The highest BCUT2D eigenvalue weighted by Gasteiger charge is 2.35. The normalized spacial score (nSPS) is 14.6. The van der Waals surface area contributed by atoms with Crippen LogP contribution in [0, 0.1) is 36.5 Å². The van der Waals surface area contributed by atoms with Gasteiger partial charge in [0.05, 0.1) is 0 Å². The molecule has 1 aliphatic carbocycles. The summed E-state index contributed by atoms with van der Waals surface area (Å²) in [5.41, 5.74) is 4.80. The maximum atomic E-state index is 13.3. The Bertz CT molecular complexity index is 1120. The summed E-state index contributed by atoms with van der Waals surface area (Å²) in [6.45, 7) is 6.93. The van der Waals surface area contributed by atoms with E-state index in [4.69, 9.17) is 0 Å². The first-order valence-electron chi connectivity index (χ1n) is 8.80. The summed E-state index contributed by atoms with van der Waals surface area (Å²) in [4.78, 5) is 26.5. The fraction of sp³-hybridized carbons (Fsp3) is 0.273. The molecule has 2 heterocycles. The highest BCUT2D eigenvalue weighted by atomic mass is 16.1. The van der Waals surface area contributed by atoms with Gasteiger partial charge in [0.15, 0.2) is 11.6 Å². The molecule has 0 aromatic carbocycles. The maximum Gasteiger partial charge on any atom is 0.190 e. The lowest BCUT2D eigenvalue weighted by atomic mass is 9.79. The second-order valence-corrected chi connectivity index (χ2v) is 7.06. The molecule has 2 aromatic rings. The van der Waals surface area contributed by atoms with E-state index < -0.39 is 0 Å². The number of aromatic nitrogens is 2. The Morgan fingerprint density at radius 3 is 1.29 bits per heavy atom. The van der Waals surface area contributed by atoms with Crippen molar-refractivity contribution in [2.24, 2.45) is 14.1 Å². The third-order valence-electron chi connectivity index (χ3n) is 5.79. The SMILES string of the molecule is CC1=C(C)C(=O)C(c2cc(C#N)n(C)c2C)=C(c2cc(C#N)n(C)c2C)C1=O. The van der Waals surface area contributed by atoms with Crippen LogP contribution in [-0.4, -0.2) is 20.7 Å². The smallest absolute Gasteiger partial charge is 0.190 e. The highest BCUT2D eigenvalue weighted by molar-refractivity contribution is 6.51. The van der Waals surface area contributed by atoms with Gasteiger partial charge in [0.2, 0.25) is 0 Å². The van der Waals surface area contributed by atoms with Crippen LogP contribution in [0.1, 0.15) is 47.8 Å². The zero-order valence-corrected chi connectivity index (χ0v) is 16.8. The quantitative estimate of drug-likeness (QED) is 0.757. The topological polar surface area (TPSA) is 91.6 Å². The van der Waals surface area contributed by atoms with Gasteiger partial charge in [-0.2, -0.15) is 10.5 Å². The molecule has 0 aliphatic heterocycles. The molecule has 1 aliphatic rings. The molecule has 0 unspecified atom stereocenters. The molecule has 3 rings (SSSR count). The molecule has 0 bridgehead atoms. The third kappa shape index (κ3) is 2.46. The molecule has 0 spiro atoms. The number of carbonyl (C=O) groups excluding carboxylic acids is 2. The Kier molecular flexibility index (Phi) is 4.45. The molecule has 140 valence electrons. The van der Waals surface area contributed by atoms with Crippen molar-refractivity contribution in [3.63, 3.8) is 0 Å². The molecule has 28 heavy (non-hydrogen) atoms. The Balaban J connectivity index is 2.46. The van der Waals surface area contributed by atoms with E-state index in [2.05, 4.69) is 12.1 Å². The van der Waals surface area contributed by atoms with Gasteiger partial charge < -0.3 is 9.13 Å². The molecule has 0 radical (unpaired) electrons. The van der Waals surface area contributed by atoms with E-state index >= 15 is 0 Å². The lowest BCUT2D eigenvalue weighted by Gasteiger charge is -2.21. The lowest BCUT2D eigenvalue weighted by Crippen LogP contribution is -2.21. The Labute approximate surface area is 163 Å². The molecule has 2 aromatic heterocycles. The van der Waals surface area contributed by atoms with E-state index in [1.54, 1.807) is 49.2 Å². The zero-order chi connectivity index (χ0) is 20.9. The number of hydrogen-bond acceptors (Lipinski definition) is 4. The fourth-order valence-electron chi connectivity index (χ4n) is 3.58. The number of allylic oxidation sites excluding steroid dienone is 4. The monoisotopic (exact) mass is 372 g/mol. The van der Waals surface area contributed by atoms with Gasteiger partial charge in [0.25, 0.3) is 0 Å². The van der Waals surface area contributed by atoms with Crippen molar-refractivity contribution < 1.29 is 9.59 Å². The molecule has 0 fully saturated rings. The minimum Gasteiger partial charge on any atom is -0.339 e. The van der Waals surface area contributed by atoms with Gasteiger partial charge in [0.1, 0.15) is 23.5 Å². The second kappa shape index (κ2) is 6.51. The van der Waals surface area contributed by atoms with E-state index in [1.165, 1.54) is 0 Å². The van der Waals surface area contributed by atoms with Crippen molar-refractivity contribution in [3.8, 4) is 12.1 Å². The largest absolute Gasteiger partial charge is 0.339 e. The van der Waals surface area contributed by atoms with Crippen LogP contribution < -0.4 is 0 Å². The van der Waals surface area contributed by atoms with Gasteiger partial charge in [-0.05, 0) is 39.8 Å². The molecule has 0 saturated carbocycles. The van der Waals surface area contributed by atoms with Crippen molar-refractivity contribution in [1.29, 1.82) is 10.5 Å². The Hall–Kier alpha value is -3.64. The first-order chi connectivity index (χ1) is 13.1. The Morgan fingerprint density at radius 2 is 1.04 bits per heavy atom. The molecule has 0 saturated heterocycles. The van der Waals surface area contributed by atoms with E-state index in [-0.39, 0.29) is 11.6 Å². The van der Waals surface area contributed by atoms with Crippen molar-refractivity contribution in [1.82, 2.24) is 9.13 Å². The summed E-state index contributed by atoms with van der Waals surface area (Å²) in [6.07, 6.45) is 0. The van der Waals surface area contributed by atoms with Crippen molar-refractivity contribution in [2.75, 3.05) is 0 Å². The minimum atomic E-state index is -0.230. The van der Waals surface area contributed by atoms with Crippen molar-refractivity contribution in [3.05, 3.63) is 57.2 Å². The third-order valence-corrected chi connectivity index (χ3v) is 5.79. The van der Waals surface area contributed by atoms with E-state index in [0.29, 0.717) is 44.8 Å². The average molecular weight is 372 g/mol. The van der Waals surface area contributed by atoms with Crippen LogP contribution in [0.5, 0.6) is 0 Å². The van der Waals surface area contributed by atoms with E-state index in [1.807, 2.05) is 13.8 Å². The highest BCUT2D eigenvalue weighted by Crippen LogP contribution is 2.40. The summed E-state index contributed by atoms with van der Waals surface area (Å²) in [5, 5.41) is 18.8. The molecular formula is C22H20N4O2. The number of rotatable bonds is 2. The van der Waals surface area contributed by atoms with Gasteiger partial charge in [0, 0.05) is 58.9 Å². The molecule has 0 atom stereocenters. The van der Waals surface area contributed by atoms with Crippen LogP contribution in [0.3, 0.4) is 0 Å². The standard InChI is InChI=1S/C22H20N4O2/c1-11-12(2)22(28)20(18-8-16(10-24)26(6)14(18)4)19(21(11)27)17-7-15(9-23)25(5)13(17)3/h7-8H,1-6H3. The number of hydrogen-bond donors (Lipinski definition) is 0. The number of nitrogens with zero attached hydrogens (tertiary/aromatic N) is 4. The number of ketones is 2. The van der Waals surface area contributed by atoms with Crippen LogP contribution in [-0.2, 0) is 23.7 Å². The predicted molar refractivity (Wildman–Crippen MR) is 105 cm³/mol. The van der Waals surface area contributed by atoms with Crippen LogP contribution in [0.25, 0.3) is 11.1 Å². The first kappa shape index (κ1) is 19.1. The summed E-state index contributed by atoms with van der Waals surface area (Å²) in [6, 6.07) is 7.52. The second-order valence-electron chi connectivity index (χ2n) is 7.06. The minimum absolute atomic E-state index is 0.230. The molecule has 6 heteroatoms. The zero-order valence-electron chi connectivity index (χ0n) is 16.8. The number of carbonyl (C=O) groups is 2. The van der Waals surface area contributed by atoms with Gasteiger partial charge in [-0.15, -0.1) is 0 Å². The summed E-state index contributed by atoms with van der Waals surface area (Å²) < 4.78 is 3.41. The van der Waals surface area contributed by atoms with Gasteiger partial charge in [-0.25, -0.2) is 0 Å². The lowest BCUT2D eigenvalue weighted by molar-refractivity contribution is -0.113. The van der Waals surface area contributed by atoms with Crippen LogP contribution >= 0.6 is 0 Å². The molecule has 6 nitrogen and oxygen atoms in total. The molecule has 0 amide bonds. The molecular weight excluding hydrogens is 352 g/mol.